The van der Waals surface area contributed by atoms with Crippen molar-refractivity contribution >= 4 is 29.3 Å². The lowest BCUT2D eigenvalue weighted by Gasteiger charge is -2.12. The molecule has 1 amide bonds. The Bertz CT molecular complexity index is 954. The minimum Gasteiger partial charge on any atom is -0.462 e. The Kier molecular flexibility index (Phi) is 5.88. The van der Waals surface area contributed by atoms with Gasteiger partial charge in [-0.15, -0.1) is 0 Å². The van der Waals surface area contributed by atoms with Gasteiger partial charge in [-0.05, 0) is 24.6 Å². The minimum atomic E-state index is -0.550. The Balaban J connectivity index is 1.94. The third-order valence-corrected chi connectivity index (χ3v) is 4.19. The van der Waals surface area contributed by atoms with Gasteiger partial charge in [0.05, 0.1) is 29.9 Å². The molecular formula is C20H18ClN3O3. The van der Waals surface area contributed by atoms with Gasteiger partial charge in [0, 0.05) is 0 Å². The van der Waals surface area contributed by atoms with Crippen molar-refractivity contribution < 1.29 is 14.3 Å². The summed E-state index contributed by atoms with van der Waals surface area (Å²) in [5.41, 5.74) is 1.47. The van der Waals surface area contributed by atoms with Crippen LogP contribution in [0, 0.1) is 0 Å². The highest BCUT2D eigenvalue weighted by Crippen LogP contribution is 2.21. The summed E-state index contributed by atoms with van der Waals surface area (Å²) >= 11 is 6.11. The van der Waals surface area contributed by atoms with Crippen LogP contribution >= 0.6 is 11.6 Å². The Morgan fingerprint density at radius 1 is 1.07 bits per heavy atom. The molecule has 0 bridgehead atoms. The molecule has 27 heavy (non-hydrogen) atoms. The lowest BCUT2D eigenvalue weighted by molar-refractivity contribution is 0.0527. The molecule has 0 fully saturated rings. The predicted molar refractivity (Wildman–Crippen MR) is 103 cm³/mol. The summed E-state index contributed by atoms with van der Waals surface area (Å²) in [7, 11) is 0. The number of hydrogen-bond donors (Lipinski definition) is 1. The fourth-order valence-electron chi connectivity index (χ4n) is 2.57. The number of hydrogen-bond acceptors (Lipinski definition) is 4. The van der Waals surface area contributed by atoms with Crippen LogP contribution in [0.2, 0.25) is 5.02 Å². The van der Waals surface area contributed by atoms with Gasteiger partial charge in [-0.3, -0.25) is 4.79 Å². The van der Waals surface area contributed by atoms with Crippen LogP contribution in [-0.2, 0) is 11.3 Å². The Labute approximate surface area is 161 Å². The van der Waals surface area contributed by atoms with Gasteiger partial charge in [0.25, 0.3) is 5.91 Å². The SMILES string of the molecule is CCOC(=O)c1cnn(Cc2ccccc2)c1NC(=O)c1ccccc1Cl. The topological polar surface area (TPSA) is 73.2 Å². The molecule has 0 spiro atoms. The number of rotatable bonds is 6. The molecule has 3 aromatic rings. The lowest BCUT2D eigenvalue weighted by atomic mass is 10.2. The Morgan fingerprint density at radius 2 is 1.78 bits per heavy atom. The highest BCUT2D eigenvalue weighted by molar-refractivity contribution is 6.34. The second-order valence-corrected chi connectivity index (χ2v) is 6.11. The van der Waals surface area contributed by atoms with E-state index in [0.717, 1.165) is 5.56 Å². The van der Waals surface area contributed by atoms with Crippen LogP contribution in [0.25, 0.3) is 0 Å². The van der Waals surface area contributed by atoms with Crippen molar-refractivity contribution in [3.63, 3.8) is 0 Å². The van der Waals surface area contributed by atoms with Crippen molar-refractivity contribution in [2.75, 3.05) is 11.9 Å². The van der Waals surface area contributed by atoms with Crippen LogP contribution in [0.3, 0.4) is 0 Å². The third-order valence-electron chi connectivity index (χ3n) is 3.86. The quantitative estimate of drug-likeness (QED) is 0.652. The number of nitrogens with zero attached hydrogens (tertiary/aromatic N) is 2. The van der Waals surface area contributed by atoms with Crippen molar-refractivity contribution in [1.29, 1.82) is 0 Å². The molecule has 0 radical (unpaired) electrons. The number of amides is 1. The fourth-order valence-corrected chi connectivity index (χ4v) is 2.79. The van der Waals surface area contributed by atoms with E-state index in [-0.39, 0.29) is 18.0 Å². The standard InChI is InChI=1S/C20H18ClN3O3/c1-2-27-20(26)16-12-22-24(13-14-8-4-3-5-9-14)18(16)23-19(25)15-10-6-7-11-17(15)21/h3-12H,2,13H2,1H3,(H,23,25). The van der Waals surface area contributed by atoms with Gasteiger partial charge >= 0.3 is 5.97 Å². The summed E-state index contributed by atoms with van der Waals surface area (Å²) in [6, 6.07) is 16.3. The number of aromatic nitrogens is 2. The summed E-state index contributed by atoms with van der Waals surface area (Å²) in [5.74, 6) is -0.713. The van der Waals surface area contributed by atoms with Gasteiger partial charge in [-0.1, -0.05) is 54.1 Å². The van der Waals surface area contributed by atoms with Crippen LogP contribution in [0.5, 0.6) is 0 Å². The van der Waals surface area contributed by atoms with E-state index < -0.39 is 11.9 Å². The van der Waals surface area contributed by atoms with Gasteiger partial charge in [-0.2, -0.15) is 5.10 Å². The summed E-state index contributed by atoms with van der Waals surface area (Å²) in [6.45, 7) is 2.33. The number of carbonyl (C=O) groups is 2. The van der Waals surface area contributed by atoms with Gasteiger partial charge in [0.2, 0.25) is 0 Å². The Morgan fingerprint density at radius 3 is 2.48 bits per heavy atom. The van der Waals surface area contributed by atoms with Gasteiger partial charge in [0.15, 0.2) is 0 Å². The van der Waals surface area contributed by atoms with Gasteiger partial charge < -0.3 is 10.1 Å². The number of nitrogens with one attached hydrogen (secondary N) is 1. The van der Waals surface area contributed by atoms with Crippen molar-refractivity contribution in [2.24, 2.45) is 0 Å². The van der Waals surface area contributed by atoms with Crippen LogP contribution in [0.4, 0.5) is 5.82 Å². The van der Waals surface area contributed by atoms with E-state index in [1.165, 1.54) is 6.20 Å². The van der Waals surface area contributed by atoms with Crippen LogP contribution in [0.1, 0.15) is 33.2 Å². The van der Waals surface area contributed by atoms with E-state index in [1.807, 2.05) is 30.3 Å². The van der Waals surface area contributed by atoms with Gasteiger partial charge in [0.1, 0.15) is 11.4 Å². The molecule has 7 heteroatoms. The van der Waals surface area contributed by atoms with Crippen LogP contribution < -0.4 is 5.32 Å². The van der Waals surface area contributed by atoms with Crippen molar-refractivity contribution in [3.8, 4) is 0 Å². The number of ether oxygens (including phenoxy) is 1. The molecule has 3 rings (SSSR count). The van der Waals surface area contributed by atoms with Crippen LogP contribution in [0.15, 0.2) is 60.8 Å². The number of carbonyl (C=O) groups excluding carboxylic acids is 2. The minimum absolute atomic E-state index is 0.188. The van der Waals surface area contributed by atoms with E-state index in [1.54, 1.807) is 35.9 Å². The van der Waals surface area contributed by atoms with E-state index >= 15 is 0 Å². The largest absolute Gasteiger partial charge is 0.462 e. The molecule has 0 atom stereocenters. The molecule has 0 saturated heterocycles. The summed E-state index contributed by atoms with van der Waals surface area (Å²) in [4.78, 5) is 24.9. The van der Waals surface area contributed by atoms with Crippen LogP contribution in [-0.4, -0.2) is 28.3 Å². The summed E-state index contributed by atoms with van der Waals surface area (Å²) in [6.07, 6.45) is 1.39. The van der Waals surface area contributed by atoms with Gasteiger partial charge in [-0.25, -0.2) is 9.48 Å². The first kappa shape index (κ1) is 18.7. The first-order valence-corrected chi connectivity index (χ1v) is 8.80. The monoisotopic (exact) mass is 383 g/mol. The number of esters is 1. The normalized spacial score (nSPS) is 10.4. The summed E-state index contributed by atoms with van der Waals surface area (Å²) in [5, 5.41) is 7.33. The molecular weight excluding hydrogens is 366 g/mol. The molecule has 0 unspecified atom stereocenters. The van der Waals surface area contributed by atoms with E-state index in [0.29, 0.717) is 17.1 Å². The number of benzene rings is 2. The van der Waals surface area contributed by atoms with Crippen molar-refractivity contribution in [2.45, 2.75) is 13.5 Å². The molecule has 1 heterocycles. The van der Waals surface area contributed by atoms with Crippen molar-refractivity contribution in [3.05, 3.63) is 82.5 Å². The molecule has 6 nitrogen and oxygen atoms in total. The smallest absolute Gasteiger partial charge is 0.343 e. The molecule has 0 saturated carbocycles. The molecule has 138 valence electrons. The fraction of sp³-hybridized carbons (Fsp3) is 0.150. The van der Waals surface area contributed by atoms with E-state index in [2.05, 4.69) is 10.4 Å². The zero-order valence-corrected chi connectivity index (χ0v) is 15.4. The third kappa shape index (κ3) is 4.35. The van der Waals surface area contributed by atoms with Crippen molar-refractivity contribution in [1.82, 2.24) is 9.78 Å². The molecule has 1 N–H and O–H groups in total. The second-order valence-electron chi connectivity index (χ2n) is 5.70. The molecule has 0 aliphatic carbocycles. The van der Waals surface area contributed by atoms with E-state index in [4.69, 9.17) is 16.3 Å². The first-order valence-electron chi connectivity index (χ1n) is 8.43. The maximum absolute atomic E-state index is 12.7. The zero-order chi connectivity index (χ0) is 19.2. The van der Waals surface area contributed by atoms with E-state index in [9.17, 15) is 9.59 Å². The highest BCUT2D eigenvalue weighted by atomic mass is 35.5. The highest BCUT2D eigenvalue weighted by Gasteiger charge is 2.22. The number of halogens is 1. The second kappa shape index (κ2) is 8.51. The molecule has 2 aromatic carbocycles. The number of anilines is 1. The average molecular weight is 384 g/mol. The molecule has 1 aromatic heterocycles. The molecule has 0 aliphatic heterocycles. The predicted octanol–water partition coefficient (Wildman–Crippen LogP) is 4.01. The summed E-state index contributed by atoms with van der Waals surface area (Å²) < 4.78 is 6.63. The lowest BCUT2D eigenvalue weighted by Crippen LogP contribution is -2.19. The maximum atomic E-state index is 12.7. The maximum Gasteiger partial charge on any atom is 0.343 e. The Hall–Kier alpha value is -3.12. The average Bonchev–Trinajstić information content (AvgIpc) is 3.05. The first-order chi connectivity index (χ1) is 13.1. The molecule has 0 aliphatic rings. The zero-order valence-electron chi connectivity index (χ0n) is 14.7.